The Labute approximate surface area is 108 Å². The van der Waals surface area contributed by atoms with Crippen LogP contribution in [-0.2, 0) is 4.74 Å². The van der Waals surface area contributed by atoms with Gasteiger partial charge in [0, 0.05) is 6.61 Å². The molecular weight excluding hydrogens is 228 g/mol. The molecule has 18 heavy (non-hydrogen) atoms. The maximum absolute atomic E-state index is 10.5. The lowest BCUT2D eigenvalue weighted by Crippen LogP contribution is -2.39. The van der Waals surface area contributed by atoms with Crippen LogP contribution in [0.1, 0.15) is 56.1 Å². The second kappa shape index (κ2) is 4.71. The number of aryl methyl sites for hydroxylation is 1. The molecule has 0 radical (unpaired) electrons. The lowest BCUT2D eigenvalue weighted by atomic mass is 9.81. The summed E-state index contributed by atoms with van der Waals surface area (Å²) in [5.74, 6) is 1.86. The molecule has 2 unspecified atom stereocenters. The van der Waals surface area contributed by atoms with E-state index in [0.717, 1.165) is 38.1 Å². The van der Waals surface area contributed by atoms with E-state index in [1.807, 2.05) is 19.1 Å². The van der Waals surface area contributed by atoms with Gasteiger partial charge >= 0.3 is 0 Å². The first-order valence-corrected chi connectivity index (χ1v) is 7.07. The standard InChI is InChI=1S/C15H22O3/c1-11-4-5-13(18-11)14(16)12-6-9-17-15(10-12)7-2-3-8-15/h4-5,12,14,16H,2-3,6-10H2,1H3. The van der Waals surface area contributed by atoms with Gasteiger partial charge in [-0.1, -0.05) is 12.8 Å². The van der Waals surface area contributed by atoms with Crippen LogP contribution in [0.4, 0.5) is 0 Å². The van der Waals surface area contributed by atoms with Crippen molar-refractivity contribution in [2.75, 3.05) is 6.61 Å². The third-order valence-corrected chi connectivity index (χ3v) is 4.55. The summed E-state index contributed by atoms with van der Waals surface area (Å²) < 4.78 is 11.6. The van der Waals surface area contributed by atoms with E-state index in [1.54, 1.807) is 0 Å². The molecule has 2 aliphatic rings. The highest BCUT2D eigenvalue weighted by Gasteiger charge is 2.42. The van der Waals surface area contributed by atoms with E-state index in [-0.39, 0.29) is 11.5 Å². The van der Waals surface area contributed by atoms with Crippen LogP contribution in [0.25, 0.3) is 0 Å². The van der Waals surface area contributed by atoms with E-state index in [1.165, 1.54) is 12.8 Å². The summed E-state index contributed by atoms with van der Waals surface area (Å²) in [5, 5.41) is 10.5. The molecule has 0 amide bonds. The Kier molecular flexibility index (Phi) is 3.20. The Morgan fingerprint density at radius 2 is 2.11 bits per heavy atom. The highest BCUT2D eigenvalue weighted by atomic mass is 16.5. The zero-order chi connectivity index (χ0) is 12.6. The van der Waals surface area contributed by atoms with Crippen molar-refractivity contribution >= 4 is 0 Å². The van der Waals surface area contributed by atoms with Gasteiger partial charge in [0.05, 0.1) is 5.60 Å². The van der Waals surface area contributed by atoms with Crippen molar-refractivity contribution < 1.29 is 14.3 Å². The molecule has 1 aliphatic carbocycles. The van der Waals surface area contributed by atoms with Gasteiger partial charge in [0.15, 0.2) is 0 Å². The van der Waals surface area contributed by atoms with Crippen molar-refractivity contribution in [3.8, 4) is 0 Å². The fourth-order valence-corrected chi connectivity index (χ4v) is 3.55. The minimum absolute atomic E-state index is 0.0610. The summed E-state index contributed by atoms with van der Waals surface area (Å²) in [6.07, 6.45) is 6.29. The van der Waals surface area contributed by atoms with Crippen LogP contribution in [0.15, 0.2) is 16.5 Å². The minimum Gasteiger partial charge on any atom is -0.464 e. The summed E-state index contributed by atoms with van der Waals surface area (Å²) in [4.78, 5) is 0. The molecule has 1 aliphatic heterocycles. The Bertz CT molecular complexity index is 404. The van der Waals surface area contributed by atoms with Crippen LogP contribution in [0.5, 0.6) is 0 Å². The Balaban J connectivity index is 1.72. The smallest absolute Gasteiger partial charge is 0.132 e. The summed E-state index contributed by atoms with van der Waals surface area (Å²) in [5.41, 5.74) is 0.0610. The molecule has 1 saturated heterocycles. The normalized spacial score (nSPS) is 28.7. The van der Waals surface area contributed by atoms with Crippen molar-refractivity contribution in [3.63, 3.8) is 0 Å². The van der Waals surface area contributed by atoms with Crippen LogP contribution in [-0.4, -0.2) is 17.3 Å². The summed E-state index contributed by atoms with van der Waals surface area (Å²) >= 11 is 0. The van der Waals surface area contributed by atoms with E-state index in [2.05, 4.69) is 0 Å². The Morgan fingerprint density at radius 1 is 1.33 bits per heavy atom. The van der Waals surface area contributed by atoms with Crippen molar-refractivity contribution in [2.45, 2.75) is 57.2 Å². The Morgan fingerprint density at radius 3 is 2.78 bits per heavy atom. The van der Waals surface area contributed by atoms with Gasteiger partial charge < -0.3 is 14.3 Å². The summed E-state index contributed by atoms with van der Waals surface area (Å²) in [6.45, 7) is 2.69. The molecule has 0 bridgehead atoms. The third kappa shape index (κ3) is 2.21. The number of ether oxygens (including phenoxy) is 1. The largest absolute Gasteiger partial charge is 0.464 e. The maximum Gasteiger partial charge on any atom is 0.132 e. The van der Waals surface area contributed by atoms with Crippen LogP contribution in [0.2, 0.25) is 0 Å². The van der Waals surface area contributed by atoms with E-state index in [0.29, 0.717) is 5.76 Å². The molecule has 1 aromatic heterocycles. The molecule has 3 heteroatoms. The average Bonchev–Trinajstić information content (AvgIpc) is 2.98. The third-order valence-electron chi connectivity index (χ3n) is 4.55. The predicted molar refractivity (Wildman–Crippen MR) is 68.3 cm³/mol. The molecule has 3 nitrogen and oxygen atoms in total. The molecule has 0 aromatic carbocycles. The van der Waals surface area contributed by atoms with E-state index in [9.17, 15) is 5.11 Å². The number of furan rings is 1. The van der Waals surface area contributed by atoms with Crippen LogP contribution < -0.4 is 0 Å². The van der Waals surface area contributed by atoms with Gasteiger partial charge in [0.25, 0.3) is 0 Å². The minimum atomic E-state index is -0.472. The summed E-state index contributed by atoms with van der Waals surface area (Å²) in [6, 6.07) is 3.82. The fourth-order valence-electron chi connectivity index (χ4n) is 3.55. The van der Waals surface area contributed by atoms with Gasteiger partial charge in [-0.25, -0.2) is 0 Å². The van der Waals surface area contributed by atoms with Gasteiger partial charge in [-0.05, 0) is 50.7 Å². The van der Waals surface area contributed by atoms with Crippen LogP contribution in [0, 0.1) is 12.8 Å². The van der Waals surface area contributed by atoms with Crippen molar-refractivity contribution in [2.24, 2.45) is 5.92 Å². The SMILES string of the molecule is Cc1ccc(C(O)C2CCOC3(CCCC3)C2)o1. The van der Waals surface area contributed by atoms with Crippen LogP contribution in [0.3, 0.4) is 0 Å². The van der Waals surface area contributed by atoms with Gasteiger partial charge in [-0.15, -0.1) is 0 Å². The van der Waals surface area contributed by atoms with Crippen molar-refractivity contribution in [1.29, 1.82) is 0 Å². The first kappa shape index (κ1) is 12.2. The molecule has 1 N–H and O–H groups in total. The lowest BCUT2D eigenvalue weighted by molar-refractivity contribution is -0.115. The van der Waals surface area contributed by atoms with Gasteiger partial charge in [0.2, 0.25) is 0 Å². The second-order valence-corrected chi connectivity index (χ2v) is 5.88. The van der Waals surface area contributed by atoms with Gasteiger partial charge in [-0.3, -0.25) is 0 Å². The molecule has 3 rings (SSSR count). The maximum atomic E-state index is 10.5. The topological polar surface area (TPSA) is 42.6 Å². The predicted octanol–water partition coefficient (Wildman–Crippen LogP) is 3.36. The number of aliphatic hydroxyl groups is 1. The highest BCUT2D eigenvalue weighted by Crippen LogP contribution is 2.45. The van der Waals surface area contributed by atoms with E-state index in [4.69, 9.17) is 9.15 Å². The number of rotatable bonds is 2. The molecule has 100 valence electrons. The van der Waals surface area contributed by atoms with Crippen molar-refractivity contribution in [3.05, 3.63) is 23.7 Å². The monoisotopic (exact) mass is 250 g/mol. The number of hydrogen-bond acceptors (Lipinski definition) is 3. The molecule has 2 heterocycles. The van der Waals surface area contributed by atoms with Gasteiger partial charge in [0.1, 0.15) is 17.6 Å². The quantitative estimate of drug-likeness (QED) is 0.875. The molecule has 1 saturated carbocycles. The van der Waals surface area contributed by atoms with Crippen molar-refractivity contribution in [1.82, 2.24) is 0 Å². The molecular formula is C15H22O3. The van der Waals surface area contributed by atoms with E-state index < -0.39 is 6.10 Å². The molecule has 1 spiro atoms. The summed E-state index contributed by atoms with van der Waals surface area (Å²) in [7, 11) is 0. The number of hydrogen-bond donors (Lipinski definition) is 1. The molecule has 2 fully saturated rings. The first-order valence-electron chi connectivity index (χ1n) is 7.07. The zero-order valence-electron chi connectivity index (χ0n) is 11.0. The Hall–Kier alpha value is -0.800. The van der Waals surface area contributed by atoms with Crippen LogP contribution >= 0.6 is 0 Å². The zero-order valence-corrected chi connectivity index (χ0v) is 11.0. The second-order valence-electron chi connectivity index (χ2n) is 5.88. The lowest BCUT2D eigenvalue weighted by Gasteiger charge is -2.39. The highest BCUT2D eigenvalue weighted by molar-refractivity contribution is 5.10. The molecule has 2 atom stereocenters. The van der Waals surface area contributed by atoms with E-state index >= 15 is 0 Å². The van der Waals surface area contributed by atoms with Gasteiger partial charge in [-0.2, -0.15) is 0 Å². The average molecular weight is 250 g/mol. The fraction of sp³-hybridized carbons (Fsp3) is 0.733. The first-order chi connectivity index (χ1) is 8.69. The number of aliphatic hydroxyl groups excluding tert-OH is 1. The molecule has 1 aromatic rings.